The summed E-state index contributed by atoms with van der Waals surface area (Å²) in [5.74, 6) is 0. The van der Waals surface area contributed by atoms with Gasteiger partial charge in [-0.25, -0.2) is 0 Å². The van der Waals surface area contributed by atoms with Crippen molar-refractivity contribution >= 4 is 0 Å². The van der Waals surface area contributed by atoms with Gasteiger partial charge in [0, 0.05) is 10.2 Å². The number of rotatable bonds is 1. The van der Waals surface area contributed by atoms with Gasteiger partial charge in [0.05, 0.1) is 6.61 Å². The maximum absolute atomic E-state index is 8.81. The number of likely N-dealkylation sites (N-methyl/N-ethyl adjacent to an activating group) is 1. The average Bonchev–Trinajstić information content (AvgIpc) is 2.31. The summed E-state index contributed by atoms with van der Waals surface area (Å²) in [5.41, 5.74) is 0. The Morgan fingerprint density at radius 2 is 2.88 bits per heavy atom. The van der Waals surface area contributed by atoms with Crippen molar-refractivity contribution in [3.05, 3.63) is 0 Å². The van der Waals surface area contributed by atoms with E-state index in [1.54, 1.807) is 0 Å². The summed E-state index contributed by atoms with van der Waals surface area (Å²) >= 11 is 0. The molecule has 48 valence electrons. The van der Waals surface area contributed by atoms with Crippen LogP contribution in [0, 0.1) is 0 Å². The minimum Gasteiger partial charge on any atom is -0.395 e. The Balaban J connectivity index is 2.57. The molecule has 1 N–H and O–H groups in total. The molecule has 0 amide bonds. The number of hydrogen-bond acceptors (Lipinski definition) is 2. The van der Waals surface area contributed by atoms with Crippen LogP contribution in [0.15, 0.2) is 0 Å². The molecule has 1 fully saturated rings. The van der Waals surface area contributed by atoms with E-state index in [9.17, 15) is 0 Å². The Hall–Kier alpha value is -0.0800. The van der Waals surface area contributed by atoms with E-state index < -0.39 is 6.98 Å². The molecule has 1 atom stereocenters. The molecule has 1 heterocycles. The van der Waals surface area contributed by atoms with Crippen LogP contribution in [0.25, 0.3) is 0 Å². The lowest BCUT2D eigenvalue weighted by molar-refractivity contribution is 0.182. The summed E-state index contributed by atoms with van der Waals surface area (Å²) < 4.78 is 21.3. The normalized spacial score (nSPS) is 38.6. The SMILES string of the molecule is [2H]C([2H])([2H])N1CCC[C@H]1CO. The van der Waals surface area contributed by atoms with Crippen LogP contribution in [-0.2, 0) is 0 Å². The second kappa shape index (κ2) is 2.46. The molecule has 0 aromatic rings. The predicted octanol–water partition coefficient (Wildman–Crippen LogP) is 0.0729. The van der Waals surface area contributed by atoms with E-state index >= 15 is 0 Å². The molecule has 0 bridgehead atoms. The second-order valence-electron chi connectivity index (χ2n) is 2.17. The molecule has 0 aliphatic carbocycles. The number of likely N-dealkylation sites (tertiary alicyclic amines) is 1. The number of hydrogen-bond donors (Lipinski definition) is 1. The Labute approximate surface area is 54.3 Å². The van der Waals surface area contributed by atoms with Gasteiger partial charge in [-0.3, -0.25) is 0 Å². The lowest BCUT2D eigenvalue weighted by Crippen LogP contribution is -2.27. The fourth-order valence-electron chi connectivity index (χ4n) is 1.03. The van der Waals surface area contributed by atoms with Gasteiger partial charge >= 0.3 is 0 Å². The highest BCUT2D eigenvalue weighted by molar-refractivity contribution is 4.74. The number of nitrogens with zero attached hydrogens (tertiary/aromatic N) is 1. The van der Waals surface area contributed by atoms with E-state index in [4.69, 9.17) is 9.22 Å². The van der Waals surface area contributed by atoms with E-state index in [1.165, 1.54) is 4.90 Å². The largest absolute Gasteiger partial charge is 0.395 e. The zero-order valence-electron chi connectivity index (χ0n) is 7.80. The Kier molecular flexibility index (Phi) is 0.980. The molecule has 0 aromatic heterocycles. The van der Waals surface area contributed by atoms with Gasteiger partial charge in [-0.05, 0) is 26.4 Å². The third kappa shape index (κ3) is 1.01. The van der Waals surface area contributed by atoms with E-state index in [2.05, 4.69) is 0 Å². The first-order valence-corrected chi connectivity index (χ1v) is 2.93. The molecule has 8 heavy (non-hydrogen) atoms. The molecule has 0 spiro atoms. The summed E-state index contributed by atoms with van der Waals surface area (Å²) in [7, 11) is 0. The fourth-order valence-corrected chi connectivity index (χ4v) is 1.03. The topological polar surface area (TPSA) is 23.5 Å². The van der Waals surface area contributed by atoms with E-state index in [0.29, 0.717) is 6.54 Å². The lowest BCUT2D eigenvalue weighted by atomic mass is 10.2. The smallest absolute Gasteiger partial charge is 0.0586 e. The Morgan fingerprint density at radius 3 is 3.38 bits per heavy atom. The summed E-state index contributed by atoms with van der Waals surface area (Å²) in [5, 5.41) is 8.81. The Bertz CT molecular complexity index is 136. The van der Waals surface area contributed by atoms with Crippen molar-refractivity contribution in [2.45, 2.75) is 18.9 Å². The number of aliphatic hydroxyl groups excluding tert-OH is 1. The van der Waals surface area contributed by atoms with Gasteiger partial charge in [-0.15, -0.1) is 0 Å². The highest BCUT2D eigenvalue weighted by Gasteiger charge is 2.18. The van der Waals surface area contributed by atoms with E-state index in [-0.39, 0.29) is 12.6 Å². The summed E-state index contributed by atoms with van der Waals surface area (Å²) in [4.78, 5) is 1.40. The van der Waals surface area contributed by atoms with Crippen molar-refractivity contribution in [3.63, 3.8) is 0 Å². The molecular formula is C6H13NO. The summed E-state index contributed by atoms with van der Waals surface area (Å²) in [6, 6.07) is -0.150. The van der Waals surface area contributed by atoms with Crippen molar-refractivity contribution < 1.29 is 9.22 Å². The van der Waals surface area contributed by atoms with Gasteiger partial charge in [-0.2, -0.15) is 0 Å². The van der Waals surface area contributed by atoms with Crippen LogP contribution in [0.2, 0.25) is 0 Å². The minimum atomic E-state index is -2.02. The van der Waals surface area contributed by atoms with Crippen molar-refractivity contribution in [1.82, 2.24) is 4.90 Å². The van der Waals surface area contributed by atoms with Crippen molar-refractivity contribution in [2.75, 3.05) is 20.1 Å². The molecule has 2 nitrogen and oxygen atoms in total. The third-order valence-corrected chi connectivity index (χ3v) is 1.59. The van der Waals surface area contributed by atoms with Crippen LogP contribution in [0.1, 0.15) is 17.0 Å². The van der Waals surface area contributed by atoms with Crippen molar-refractivity contribution in [1.29, 1.82) is 0 Å². The quantitative estimate of drug-likeness (QED) is 0.527. The minimum absolute atomic E-state index is 0.0433. The predicted molar refractivity (Wildman–Crippen MR) is 32.7 cm³/mol. The molecule has 1 aliphatic heterocycles. The fraction of sp³-hybridized carbons (Fsp3) is 1.00. The third-order valence-electron chi connectivity index (χ3n) is 1.59. The van der Waals surface area contributed by atoms with Crippen LogP contribution in [0.4, 0.5) is 0 Å². The van der Waals surface area contributed by atoms with Gasteiger partial charge in [0.15, 0.2) is 0 Å². The highest BCUT2D eigenvalue weighted by atomic mass is 16.3. The van der Waals surface area contributed by atoms with E-state index in [1.807, 2.05) is 0 Å². The summed E-state index contributed by atoms with van der Waals surface area (Å²) in [6.45, 7) is -1.48. The standard InChI is InChI=1S/C6H13NO/c1-7-4-2-3-6(7)5-8/h6,8H,2-5H2,1H3/t6-/m0/s1/i1D3. The van der Waals surface area contributed by atoms with Crippen LogP contribution in [0.5, 0.6) is 0 Å². The zero-order valence-corrected chi connectivity index (χ0v) is 4.80. The van der Waals surface area contributed by atoms with Gasteiger partial charge in [0.25, 0.3) is 0 Å². The molecule has 0 radical (unpaired) electrons. The van der Waals surface area contributed by atoms with Gasteiger partial charge in [-0.1, -0.05) is 0 Å². The van der Waals surface area contributed by atoms with Gasteiger partial charge in [0.2, 0.25) is 0 Å². The average molecular weight is 118 g/mol. The van der Waals surface area contributed by atoms with Crippen LogP contribution >= 0.6 is 0 Å². The number of aliphatic hydroxyl groups is 1. The van der Waals surface area contributed by atoms with Crippen LogP contribution in [-0.4, -0.2) is 36.2 Å². The second-order valence-corrected chi connectivity index (χ2v) is 2.17. The molecule has 1 saturated heterocycles. The molecule has 1 rings (SSSR count). The Morgan fingerprint density at radius 1 is 2.00 bits per heavy atom. The zero-order chi connectivity index (χ0) is 8.48. The summed E-state index contributed by atoms with van der Waals surface area (Å²) in [6.07, 6.45) is 1.68. The van der Waals surface area contributed by atoms with Gasteiger partial charge in [0.1, 0.15) is 0 Å². The molecular weight excluding hydrogens is 102 g/mol. The molecule has 2 heteroatoms. The maximum Gasteiger partial charge on any atom is 0.0586 e. The van der Waals surface area contributed by atoms with Crippen LogP contribution < -0.4 is 0 Å². The monoisotopic (exact) mass is 118 g/mol. The van der Waals surface area contributed by atoms with Crippen LogP contribution in [0.3, 0.4) is 0 Å². The van der Waals surface area contributed by atoms with Gasteiger partial charge < -0.3 is 10.0 Å². The maximum atomic E-state index is 8.81. The molecule has 0 aromatic carbocycles. The first-order chi connectivity index (χ1) is 5.05. The van der Waals surface area contributed by atoms with Crippen molar-refractivity contribution in [2.24, 2.45) is 0 Å². The lowest BCUT2D eigenvalue weighted by Gasteiger charge is -2.15. The first kappa shape index (κ1) is 3.18. The van der Waals surface area contributed by atoms with E-state index in [0.717, 1.165) is 12.8 Å². The van der Waals surface area contributed by atoms with Crippen molar-refractivity contribution in [3.8, 4) is 0 Å². The highest BCUT2D eigenvalue weighted by Crippen LogP contribution is 2.12. The molecule has 1 aliphatic rings. The molecule has 0 unspecified atom stereocenters. The molecule has 0 saturated carbocycles. The first-order valence-electron chi connectivity index (χ1n) is 4.43.